The first-order valence-corrected chi connectivity index (χ1v) is 11.3. The summed E-state index contributed by atoms with van der Waals surface area (Å²) in [5.41, 5.74) is 4.26. The van der Waals surface area contributed by atoms with Crippen LogP contribution >= 0.6 is 10.7 Å². The molecule has 1 aromatic heterocycles. The van der Waals surface area contributed by atoms with Gasteiger partial charge in [0.25, 0.3) is 9.05 Å². The molecule has 8 heteroatoms. The number of halogens is 2. The third-order valence-electron chi connectivity index (χ3n) is 5.10. The van der Waals surface area contributed by atoms with E-state index in [1.165, 1.54) is 31.4 Å². The van der Waals surface area contributed by atoms with Crippen LogP contribution in [0.5, 0.6) is 0 Å². The maximum Gasteiger partial charge on any atom is 0.355 e. The van der Waals surface area contributed by atoms with Gasteiger partial charge >= 0.3 is 5.97 Å². The summed E-state index contributed by atoms with van der Waals surface area (Å²) in [5, 5.41) is 0. The van der Waals surface area contributed by atoms with Crippen molar-refractivity contribution in [1.82, 2.24) is 4.57 Å². The van der Waals surface area contributed by atoms with E-state index in [2.05, 4.69) is 0 Å². The van der Waals surface area contributed by atoms with Crippen molar-refractivity contribution in [2.24, 2.45) is 0 Å². The normalized spacial score (nSPS) is 13.3. The van der Waals surface area contributed by atoms with E-state index in [9.17, 15) is 17.6 Å². The van der Waals surface area contributed by atoms with Crippen LogP contribution in [0.2, 0.25) is 0 Å². The monoisotopic (exact) mass is 433 g/mol. The summed E-state index contributed by atoms with van der Waals surface area (Å²) in [6.45, 7) is 0.669. The molecule has 1 aliphatic rings. The van der Waals surface area contributed by atoms with Gasteiger partial charge in [0.15, 0.2) is 0 Å². The van der Waals surface area contributed by atoms with Crippen molar-refractivity contribution in [2.75, 3.05) is 7.11 Å². The van der Waals surface area contributed by atoms with E-state index in [-0.39, 0.29) is 10.7 Å². The van der Waals surface area contributed by atoms with Gasteiger partial charge < -0.3 is 9.30 Å². The van der Waals surface area contributed by atoms with Crippen LogP contribution in [-0.4, -0.2) is 26.1 Å². The Morgan fingerprint density at radius 2 is 1.62 bits per heavy atom. The molecule has 0 aliphatic carbocycles. The zero-order valence-electron chi connectivity index (χ0n) is 15.5. The van der Waals surface area contributed by atoms with Crippen molar-refractivity contribution in [3.63, 3.8) is 0 Å². The molecule has 0 amide bonds. The predicted octanol–water partition coefficient (Wildman–Crippen LogP) is 4.62. The van der Waals surface area contributed by atoms with Crippen molar-refractivity contribution in [1.29, 1.82) is 0 Å². The zero-order valence-corrected chi connectivity index (χ0v) is 17.1. The number of methoxy groups -OCH3 is 1. The zero-order chi connectivity index (χ0) is 20.8. The van der Waals surface area contributed by atoms with Crippen LogP contribution in [0, 0.1) is 5.82 Å². The van der Waals surface area contributed by atoms with Crippen LogP contribution in [-0.2, 0) is 26.8 Å². The molecule has 0 saturated carbocycles. The highest BCUT2D eigenvalue weighted by Crippen LogP contribution is 2.43. The maximum atomic E-state index is 13.5. The number of carbonyl (C=O) groups excluding carboxylic acids is 1. The molecule has 5 nitrogen and oxygen atoms in total. The summed E-state index contributed by atoms with van der Waals surface area (Å²) >= 11 is 0. The van der Waals surface area contributed by atoms with E-state index in [1.807, 2.05) is 4.57 Å². The highest BCUT2D eigenvalue weighted by molar-refractivity contribution is 8.13. The molecule has 0 saturated heterocycles. The molecule has 0 radical (unpaired) electrons. The first-order valence-electron chi connectivity index (χ1n) is 8.96. The molecule has 0 bridgehead atoms. The predicted molar refractivity (Wildman–Crippen MR) is 108 cm³/mol. The Morgan fingerprint density at radius 3 is 2.21 bits per heavy atom. The number of hydrogen-bond acceptors (Lipinski definition) is 4. The van der Waals surface area contributed by atoms with Gasteiger partial charge in [-0.2, -0.15) is 0 Å². The summed E-state index contributed by atoms with van der Waals surface area (Å²) in [7, 11) is 2.91. The summed E-state index contributed by atoms with van der Waals surface area (Å²) in [6, 6.07) is 12.1. The van der Waals surface area contributed by atoms with E-state index in [4.69, 9.17) is 15.4 Å². The quantitative estimate of drug-likeness (QED) is 0.444. The van der Waals surface area contributed by atoms with Crippen molar-refractivity contribution < 1.29 is 22.3 Å². The maximum absolute atomic E-state index is 13.5. The standard InChI is InChI=1S/C21H17ClFNO4S/c1-28-21(25)20-19(14-4-8-15(23)9-5-14)18(17-3-2-12-24(17)20)13-6-10-16(11-7-13)29(22,26)27/h4-11H,2-3,12H2,1H3. The first-order chi connectivity index (χ1) is 13.8. The molecular formula is C21H17ClFNO4S. The molecule has 0 spiro atoms. The number of carbonyl (C=O) groups is 1. The molecule has 29 heavy (non-hydrogen) atoms. The van der Waals surface area contributed by atoms with Crippen LogP contribution < -0.4 is 0 Å². The molecule has 0 N–H and O–H groups in total. The second kappa shape index (κ2) is 7.31. The third kappa shape index (κ3) is 3.45. The number of esters is 1. The number of benzene rings is 2. The number of nitrogens with zero attached hydrogens (tertiary/aromatic N) is 1. The van der Waals surface area contributed by atoms with Gasteiger partial charge in [-0.05, 0) is 48.2 Å². The van der Waals surface area contributed by atoms with Gasteiger partial charge in [-0.15, -0.1) is 0 Å². The fourth-order valence-corrected chi connectivity index (χ4v) is 4.65. The van der Waals surface area contributed by atoms with Crippen molar-refractivity contribution >= 4 is 25.7 Å². The average Bonchev–Trinajstić information content (AvgIpc) is 3.27. The molecular weight excluding hydrogens is 417 g/mol. The average molecular weight is 434 g/mol. The number of ether oxygens (including phenoxy) is 1. The Kier molecular flexibility index (Phi) is 4.96. The van der Waals surface area contributed by atoms with E-state index in [1.54, 1.807) is 24.3 Å². The highest BCUT2D eigenvalue weighted by atomic mass is 35.7. The van der Waals surface area contributed by atoms with Gasteiger partial charge in [0.05, 0.1) is 12.0 Å². The van der Waals surface area contributed by atoms with Gasteiger partial charge in [-0.25, -0.2) is 17.6 Å². The minimum Gasteiger partial charge on any atom is -0.464 e. The number of aromatic nitrogens is 1. The first kappa shape index (κ1) is 19.7. The number of rotatable bonds is 4. The van der Waals surface area contributed by atoms with Gasteiger partial charge in [0.1, 0.15) is 11.5 Å². The molecule has 2 heterocycles. The van der Waals surface area contributed by atoms with Gasteiger partial charge in [-0.1, -0.05) is 24.3 Å². The van der Waals surface area contributed by atoms with Crippen molar-refractivity contribution in [2.45, 2.75) is 24.3 Å². The Labute approximate surface area is 172 Å². The summed E-state index contributed by atoms with van der Waals surface area (Å²) < 4.78 is 43.6. The molecule has 0 atom stereocenters. The Hall–Kier alpha value is -2.64. The SMILES string of the molecule is COC(=O)c1c(-c2ccc(F)cc2)c(-c2ccc(S(=O)(=O)Cl)cc2)c2n1CCC2. The number of hydrogen-bond donors (Lipinski definition) is 0. The topological polar surface area (TPSA) is 65.4 Å². The van der Waals surface area contributed by atoms with E-state index < -0.39 is 15.0 Å². The van der Waals surface area contributed by atoms with Crippen LogP contribution in [0.3, 0.4) is 0 Å². The fraction of sp³-hybridized carbons (Fsp3) is 0.190. The second-order valence-electron chi connectivity index (χ2n) is 6.76. The van der Waals surface area contributed by atoms with Crippen LogP contribution in [0.4, 0.5) is 4.39 Å². The van der Waals surface area contributed by atoms with Gasteiger partial charge in [-0.3, -0.25) is 0 Å². The molecule has 1 aliphatic heterocycles. The van der Waals surface area contributed by atoms with Crippen LogP contribution in [0.15, 0.2) is 53.4 Å². The number of fused-ring (bicyclic) bond motifs is 1. The van der Waals surface area contributed by atoms with Gasteiger partial charge in [0.2, 0.25) is 0 Å². The largest absolute Gasteiger partial charge is 0.464 e. The van der Waals surface area contributed by atoms with Crippen LogP contribution in [0.1, 0.15) is 22.6 Å². The lowest BCUT2D eigenvalue weighted by Crippen LogP contribution is -2.10. The summed E-state index contributed by atoms with van der Waals surface area (Å²) in [4.78, 5) is 12.6. The minimum atomic E-state index is -3.84. The second-order valence-corrected chi connectivity index (χ2v) is 9.33. The molecule has 3 aromatic rings. The lowest BCUT2D eigenvalue weighted by atomic mass is 9.93. The minimum absolute atomic E-state index is 0.00436. The molecule has 0 fully saturated rings. The molecule has 0 unspecified atom stereocenters. The van der Waals surface area contributed by atoms with Crippen molar-refractivity contribution in [3.05, 3.63) is 65.7 Å². The molecule has 150 valence electrons. The van der Waals surface area contributed by atoms with E-state index >= 15 is 0 Å². The Morgan fingerprint density at radius 1 is 1.03 bits per heavy atom. The lowest BCUT2D eigenvalue weighted by Gasteiger charge is -2.10. The van der Waals surface area contributed by atoms with Crippen molar-refractivity contribution in [3.8, 4) is 22.3 Å². The summed E-state index contributed by atoms with van der Waals surface area (Å²) in [6.07, 6.45) is 1.64. The molecule has 2 aromatic carbocycles. The lowest BCUT2D eigenvalue weighted by molar-refractivity contribution is 0.0589. The Balaban J connectivity index is 2.00. The Bertz CT molecular complexity index is 1200. The van der Waals surface area contributed by atoms with E-state index in [0.717, 1.165) is 29.7 Å². The highest BCUT2D eigenvalue weighted by Gasteiger charge is 2.31. The third-order valence-corrected chi connectivity index (χ3v) is 6.47. The fourth-order valence-electron chi connectivity index (χ4n) is 3.88. The van der Waals surface area contributed by atoms with Gasteiger partial charge in [0, 0.05) is 34.0 Å². The van der Waals surface area contributed by atoms with E-state index in [0.29, 0.717) is 23.4 Å². The summed E-state index contributed by atoms with van der Waals surface area (Å²) in [5.74, 6) is -0.850. The van der Waals surface area contributed by atoms with Crippen LogP contribution in [0.25, 0.3) is 22.3 Å². The smallest absolute Gasteiger partial charge is 0.355 e. The molecule has 4 rings (SSSR count).